The molecule has 0 radical (unpaired) electrons. The van der Waals surface area contributed by atoms with Crippen LogP contribution in [0.2, 0.25) is 0 Å². The molecule has 4 heteroatoms. The lowest BCUT2D eigenvalue weighted by atomic mass is 10.0. The minimum absolute atomic E-state index is 0.0997. The molecule has 0 spiro atoms. The number of ketones is 1. The van der Waals surface area contributed by atoms with Gasteiger partial charge in [0.1, 0.15) is 0 Å². The Morgan fingerprint density at radius 3 is 2.70 bits per heavy atom. The first-order chi connectivity index (χ1) is 9.65. The molecule has 1 fully saturated rings. The Hall–Kier alpha value is -2.10. The zero-order valence-electron chi connectivity index (χ0n) is 11.4. The van der Waals surface area contributed by atoms with Gasteiger partial charge < -0.3 is 10.0 Å². The number of benzene rings is 1. The normalized spacial score (nSPS) is 18.6. The smallest absolute Gasteiger partial charge is 0.407 e. The van der Waals surface area contributed by atoms with Gasteiger partial charge in [0.2, 0.25) is 0 Å². The molecule has 0 saturated carbocycles. The summed E-state index contributed by atoms with van der Waals surface area (Å²) in [5.41, 5.74) is 1.16. The second-order valence-electron chi connectivity index (χ2n) is 5.09. The van der Waals surface area contributed by atoms with Crippen LogP contribution >= 0.6 is 0 Å². The number of nitrogens with zero attached hydrogens (tertiary/aromatic N) is 1. The van der Waals surface area contributed by atoms with Gasteiger partial charge >= 0.3 is 6.09 Å². The topological polar surface area (TPSA) is 57.6 Å². The first kappa shape index (κ1) is 14.3. The number of carbonyl (C=O) groups excluding carboxylic acids is 1. The lowest BCUT2D eigenvalue weighted by molar-refractivity contribution is -0.114. The number of hydrogen-bond acceptors (Lipinski definition) is 2. The Kier molecular flexibility index (Phi) is 4.93. The summed E-state index contributed by atoms with van der Waals surface area (Å²) in [6, 6.07) is 9.92. The number of aryl methyl sites for hydroxylation is 1. The highest BCUT2D eigenvalue weighted by Gasteiger charge is 2.23. The lowest BCUT2D eigenvalue weighted by Crippen LogP contribution is -2.26. The number of rotatable bonds is 5. The molecule has 1 unspecified atom stereocenters. The quantitative estimate of drug-likeness (QED) is 0.839. The summed E-state index contributed by atoms with van der Waals surface area (Å²) in [5, 5.41) is 8.85. The van der Waals surface area contributed by atoms with Gasteiger partial charge in [0, 0.05) is 19.5 Å². The van der Waals surface area contributed by atoms with Crippen LogP contribution in [0, 0.1) is 5.92 Å². The Morgan fingerprint density at radius 1 is 1.30 bits per heavy atom. The summed E-state index contributed by atoms with van der Waals surface area (Å²) in [6.07, 6.45) is 4.63. The van der Waals surface area contributed by atoms with Gasteiger partial charge in [-0.25, -0.2) is 4.79 Å². The van der Waals surface area contributed by atoms with Crippen molar-refractivity contribution in [3.63, 3.8) is 0 Å². The molecule has 106 valence electrons. The van der Waals surface area contributed by atoms with E-state index in [1.54, 1.807) is 6.08 Å². The predicted octanol–water partition coefficient (Wildman–Crippen LogP) is 2.74. The van der Waals surface area contributed by atoms with E-state index >= 15 is 0 Å². The minimum Gasteiger partial charge on any atom is -0.465 e. The maximum Gasteiger partial charge on any atom is 0.407 e. The molecule has 1 atom stereocenters. The van der Waals surface area contributed by atoms with Crippen LogP contribution in [0.15, 0.2) is 42.5 Å². The largest absolute Gasteiger partial charge is 0.465 e. The number of hydrogen-bond donors (Lipinski definition) is 1. The maximum atomic E-state index is 11.8. The Morgan fingerprint density at radius 2 is 2.05 bits per heavy atom. The van der Waals surface area contributed by atoms with Crippen molar-refractivity contribution in [3.8, 4) is 0 Å². The van der Waals surface area contributed by atoms with Gasteiger partial charge in [-0.05, 0) is 30.4 Å². The van der Waals surface area contributed by atoms with E-state index in [2.05, 4.69) is 0 Å². The molecule has 0 aliphatic carbocycles. The second-order valence-corrected chi connectivity index (χ2v) is 5.09. The van der Waals surface area contributed by atoms with Gasteiger partial charge in [0.25, 0.3) is 0 Å². The highest BCUT2D eigenvalue weighted by Crippen LogP contribution is 2.17. The number of carbonyl (C=O) groups is 2. The summed E-state index contributed by atoms with van der Waals surface area (Å²) in [5.74, 6) is 0.273. The van der Waals surface area contributed by atoms with E-state index < -0.39 is 6.09 Å². The van der Waals surface area contributed by atoms with Crippen molar-refractivity contribution in [1.29, 1.82) is 0 Å². The number of amides is 1. The van der Waals surface area contributed by atoms with Crippen LogP contribution in [-0.4, -0.2) is 35.0 Å². The van der Waals surface area contributed by atoms with Crippen LogP contribution in [-0.2, 0) is 11.2 Å². The van der Waals surface area contributed by atoms with E-state index in [9.17, 15) is 9.59 Å². The Bertz CT molecular complexity index is 496. The van der Waals surface area contributed by atoms with E-state index in [-0.39, 0.29) is 11.7 Å². The average molecular weight is 273 g/mol. The van der Waals surface area contributed by atoms with Gasteiger partial charge in [0.15, 0.2) is 5.78 Å². The van der Waals surface area contributed by atoms with E-state index in [0.29, 0.717) is 19.5 Å². The first-order valence-electron chi connectivity index (χ1n) is 6.88. The molecule has 1 aromatic rings. The molecular formula is C16H19NO3. The molecule has 1 aromatic carbocycles. The van der Waals surface area contributed by atoms with Crippen LogP contribution in [0.3, 0.4) is 0 Å². The third kappa shape index (κ3) is 4.23. The van der Waals surface area contributed by atoms with Crippen LogP contribution in [0.25, 0.3) is 0 Å². The van der Waals surface area contributed by atoms with Gasteiger partial charge in [-0.15, -0.1) is 0 Å². The van der Waals surface area contributed by atoms with Crippen molar-refractivity contribution in [2.45, 2.75) is 19.3 Å². The van der Waals surface area contributed by atoms with Crippen molar-refractivity contribution in [2.75, 3.05) is 13.1 Å². The zero-order valence-corrected chi connectivity index (χ0v) is 11.4. The highest BCUT2D eigenvalue weighted by molar-refractivity contribution is 5.89. The van der Waals surface area contributed by atoms with Crippen molar-refractivity contribution >= 4 is 11.9 Å². The summed E-state index contributed by atoms with van der Waals surface area (Å²) < 4.78 is 0. The molecule has 2 rings (SSSR count). The number of allylic oxidation sites excluding steroid dienone is 1. The molecule has 1 heterocycles. The highest BCUT2D eigenvalue weighted by atomic mass is 16.4. The molecule has 0 aromatic heterocycles. The molecule has 1 N–H and O–H groups in total. The van der Waals surface area contributed by atoms with E-state index in [1.807, 2.05) is 36.4 Å². The number of likely N-dealkylation sites (tertiary alicyclic amines) is 1. The zero-order chi connectivity index (χ0) is 14.4. The monoisotopic (exact) mass is 273 g/mol. The van der Waals surface area contributed by atoms with Crippen molar-refractivity contribution in [3.05, 3.63) is 48.0 Å². The number of carboxylic acid groups (broad SMARTS) is 1. The van der Waals surface area contributed by atoms with Gasteiger partial charge in [-0.3, -0.25) is 4.79 Å². The molecule has 1 saturated heterocycles. The van der Waals surface area contributed by atoms with E-state index in [4.69, 9.17) is 5.11 Å². The summed E-state index contributed by atoms with van der Waals surface area (Å²) in [4.78, 5) is 23.9. The average Bonchev–Trinajstić information content (AvgIpc) is 2.93. The minimum atomic E-state index is -0.878. The molecular weight excluding hydrogens is 254 g/mol. The van der Waals surface area contributed by atoms with Crippen LogP contribution in [0.5, 0.6) is 0 Å². The second kappa shape index (κ2) is 6.89. The van der Waals surface area contributed by atoms with Gasteiger partial charge in [-0.2, -0.15) is 0 Å². The summed E-state index contributed by atoms with van der Waals surface area (Å²) >= 11 is 0. The fourth-order valence-corrected chi connectivity index (χ4v) is 2.36. The Labute approximate surface area is 118 Å². The molecule has 4 nitrogen and oxygen atoms in total. The third-order valence-corrected chi connectivity index (χ3v) is 3.55. The van der Waals surface area contributed by atoms with E-state index in [0.717, 1.165) is 18.4 Å². The van der Waals surface area contributed by atoms with Crippen molar-refractivity contribution in [1.82, 2.24) is 4.90 Å². The fourth-order valence-electron chi connectivity index (χ4n) is 2.36. The fraction of sp³-hybridized carbons (Fsp3) is 0.375. The van der Waals surface area contributed by atoms with Crippen LogP contribution < -0.4 is 0 Å². The van der Waals surface area contributed by atoms with Gasteiger partial charge in [-0.1, -0.05) is 36.4 Å². The third-order valence-electron chi connectivity index (χ3n) is 3.55. The van der Waals surface area contributed by atoms with Crippen LogP contribution in [0.1, 0.15) is 18.4 Å². The van der Waals surface area contributed by atoms with Crippen LogP contribution in [0.4, 0.5) is 4.79 Å². The van der Waals surface area contributed by atoms with E-state index in [1.165, 1.54) is 4.90 Å². The first-order valence-corrected chi connectivity index (χ1v) is 6.88. The SMILES string of the molecule is O=C(/C=C/C1CCN(C(=O)O)C1)CCc1ccccc1. The predicted molar refractivity (Wildman–Crippen MR) is 76.6 cm³/mol. The molecule has 1 amide bonds. The maximum absolute atomic E-state index is 11.8. The molecule has 0 bridgehead atoms. The lowest BCUT2D eigenvalue weighted by Gasteiger charge is -2.09. The standard InChI is InChI=1S/C16H19NO3/c18-15(8-6-13-4-2-1-3-5-13)9-7-14-10-11-17(12-14)16(19)20/h1-5,7,9,14H,6,8,10-12H2,(H,19,20)/b9-7+. The molecule has 20 heavy (non-hydrogen) atoms. The molecule has 1 aliphatic heterocycles. The Balaban J connectivity index is 1.75. The van der Waals surface area contributed by atoms with Crippen molar-refractivity contribution < 1.29 is 14.7 Å². The summed E-state index contributed by atoms with van der Waals surface area (Å²) in [7, 11) is 0. The van der Waals surface area contributed by atoms with Gasteiger partial charge in [0.05, 0.1) is 0 Å². The van der Waals surface area contributed by atoms with Crippen molar-refractivity contribution in [2.24, 2.45) is 5.92 Å². The molecule has 1 aliphatic rings. The summed E-state index contributed by atoms with van der Waals surface area (Å²) in [6.45, 7) is 1.06.